The van der Waals surface area contributed by atoms with Gasteiger partial charge in [-0.05, 0) is 40.2 Å². The lowest BCUT2D eigenvalue weighted by Gasteiger charge is -2.34. The van der Waals surface area contributed by atoms with Crippen LogP contribution in [0.2, 0.25) is 0 Å². The fourth-order valence-corrected chi connectivity index (χ4v) is 2.46. The van der Waals surface area contributed by atoms with Crippen LogP contribution in [0, 0.1) is 0 Å². The lowest BCUT2D eigenvalue weighted by atomic mass is 10.1. The van der Waals surface area contributed by atoms with Crippen molar-refractivity contribution in [2.45, 2.75) is 65.1 Å². The molecule has 1 aliphatic rings. The highest BCUT2D eigenvalue weighted by Gasteiger charge is 2.23. The van der Waals surface area contributed by atoms with E-state index in [1.807, 2.05) is 0 Å². The van der Waals surface area contributed by atoms with Gasteiger partial charge in [0.2, 0.25) is 0 Å². The summed E-state index contributed by atoms with van der Waals surface area (Å²) in [6.45, 7) is 11.7. The van der Waals surface area contributed by atoms with Crippen molar-refractivity contribution < 1.29 is 0 Å². The average Bonchev–Trinajstić information content (AvgIpc) is 2.29. The maximum atomic E-state index is 3.56. The van der Waals surface area contributed by atoms with Gasteiger partial charge in [-0.2, -0.15) is 0 Å². The van der Waals surface area contributed by atoms with Crippen molar-refractivity contribution in [1.29, 1.82) is 0 Å². The largest absolute Gasteiger partial charge is 0.313 e. The molecule has 3 unspecified atom stereocenters. The molecule has 14 heavy (non-hydrogen) atoms. The summed E-state index contributed by atoms with van der Waals surface area (Å²) in [6.07, 6.45) is 3.92. The first kappa shape index (κ1) is 12.0. The van der Waals surface area contributed by atoms with Gasteiger partial charge < -0.3 is 5.32 Å². The van der Waals surface area contributed by atoms with Gasteiger partial charge in [0.15, 0.2) is 0 Å². The van der Waals surface area contributed by atoms with Gasteiger partial charge in [0.1, 0.15) is 0 Å². The Morgan fingerprint density at radius 2 is 2.14 bits per heavy atom. The molecule has 2 nitrogen and oxygen atoms in total. The molecule has 1 aliphatic heterocycles. The summed E-state index contributed by atoms with van der Waals surface area (Å²) < 4.78 is 0. The first-order valence-electron chi connectivity index (χ1n) is 6.14. The first-order valence-corrected chi connectivity index (χ1v) is 6.14. The fourth-order valence-electron chi connectivity index (χ4n) is 2.46. The van der Waals surface area contributed by atoms with E-state index < -0.39 is 0 Å². The fraction of sp³-hybridized carbons (Fsp3) is 1.00. The van der Waals surface area contributed by atoms with E-state index in [0.717, 1.165) is 12.1 Å². The van der Waals surface area contributed by atoms with Gasteiger partial charge in [-0.1, -0.05) is 13.3 Å². The second-order valence-corrected chi connectivity index (χ2v) is 4.83. The Morgan fingerprint density at radius 3 is 2.79 bits per heavy atom. The molecule has 0 aromatic carbocycles. The highest BCUT2D eigenvalue weighted by atomic mass is 15.2. The van der Waals surface area contributed by atoms with Crippen LogP contribution in [-0.2, 0) is 0 Å². The minimum Gasteiger partial charge on any atom is -0.313 e. The maximum absolute atomic E-state index is 3.56. The predicted molar refractivity (Wildman–Crippen MR) is 62.6 cm³/mol. The Kier molecular flexibility index (Phi) is 4.90. The molecule has 2 heteroatoms. The summed E-state index contributed by atoms with van der Waals surface area (Å²) in [5.74, 6) is 0. The topological polar surface area (TPSA) is 15.3 Å². The summed E-state index contributed by atoms with van der Waals surface area (Å²) in [4.78, 5) is 2.67. The molecular formula is C12H26N2. The number of hydrogen-bond acceptors (Lipinski definition) is 2. The second kappa shape index (κ2) is 5.72. The summed E-state index contributed by atoms with van der Waals surface area (Å²) in [5.41, 5.74) is 0. The minimum atomic E-state index is 0.652. The Morgan fingerprint density at radius 1 is 1.43 bits per heavy atom. The van der Waals surface area contributed by atoms with Crippen molar-refractivity contribution in [1.82, 2.24) is 10.2 Å². The molecule has 0 spiro atoms. The van der Waals surface area contributed by atoms with Crippen LogP contribution in [0.15, 0.2) is 0 Å². The van der Waals surface area contributed by atoms with Crippen molar-refractivity contribution in [3.05, 3.63) is 0 Å². The van der Waals surface area contributed by atoms with Crippen molar-refractivity contribution in [2.75, 3.05) is 13.1 Å². The molecule has 1 rings (SSSR count). The second-order valence-electron chi connectivity index (χ2n) is 4.83. The van der Waals surface area contributed by atoms with Crippen molar-refractivity contribution >= 4 is 0 Å². The smallest absolute Gasteiger partial charge is 0.0166 e. The van der Waals surface area contributed by atoms with Gasteiger partial charge in [-0.3, -0.25) is 4.90 Å². The highest BCUT2D eigenvalue weighted by Crippen LogP contribution is 2.15. The van der Waals surface area contributed by atoms with E-state index in [4.69, 9.17) is 0 Å². The van der Waals surface area contributed by atoms with E-state index in [-0.39, 0.29) is 0 Å². The van der Waals surface area contributed by atoms with E-state index in [2.05, 4.69) is 37.9 Å². The van der Waals surface area contributed by atoms with E-state index in [0.29, 0.717) is 6.04 Å². The van der Waals surface area contributed by atoms with Gasteiger partial charge >= 0.3 is 0 Å². The standard InChI is InChI=1S/C12H26N2/c1-5-6-11(3)14-9-10(2)13-8-7-12(14)4/h10-13H,5-9H2,1-4H3. The third-order valence-corrected chi connectivity index (χ3v) is 3.38. The molecule has 3 atom stereocenters. The summed E-state index contributed by atoms with van der Waals surface area (Å²) >= 11 is 0. The minimum absolute atomic E-state index is 0.652. The van der Waals surface area contributed by atoms with Gasteiger partial charge in [-0.15, -0.1) is 0 Å². The molecule has 0 radical (unpaired) electrons. The molecule has 1 N–H and O–H groups in total. The van der Waals surface area contributed by atoms with Crippen LogP contribution in [0.5, 0.6) is 0 Å². The molecule has 0 aromatic rings. The monoisotopic (exact) mass is 198 g/mol. The normalized spacial score (nSPS) is 32.6. The van der Waals surface area contributed by atoms with Crippen LogP contribution in [0.25, 0.3) is 0 Å². The molecule has 0 amide bonds. The Bertz CT molecular complexity index is 158. The Balaban J connectivity index is 2.52. The maximum Gasteiger partial charge on any atom is 0.0166 e. The third kappa shape index (κ3) is 3.25. The van der Waals surface area contributed by atoms with Crippen LogP contribution >= 0.6 is 0 Å². The number of nitrogens with zero attached hydrogens (tertiary/aromatic N) is 1. The van der Waals surface area contributed by atoms with Gasteiger partial charge in [-0.25, -0.2) is 0 Å². The van der Waals surface area contributed by atoms with Crippen molar-refractivity contribution in [3.63, 3.8) is 0 Å². The van der Waals surface area contributed by atoms with Gasteiger partial charge in [0.25, 0.3) is 0 Å². The first-order chi connectivity index (χ1) is 6.65. The molecule has 0 aliphatic carbocycles. The SMILES string of the molecule is CCCC(C)N1CC(C)NCCC1C. The van der Waals surface area contributed by atoms with Crippen LogP contribution in [0.3, 0.4) is 0 Å². The summed E-state index contributed by atoms with van der Waals surface area (Å²) in [5, 5.41) is 3.56. The van der Waals surface area contributed by atoms with E-state index >= 15 is 0 Å². The Hall–Kier alpha value is -0.0800. The summed E-state index contributed by atoms with van der Waals surface area (Å²) in [7, 11) is 0. The molecule has 84 valence electrons. The molecule has 1 saturated heterocycles. The van der Waals surface area contributed by atoms with E-state index in [1.54, 1.807) is 0 Å². The zero-order valence-electron chi connectivity index (χ0n) is 10.2. The molecule has 0 bridgehead atoms. The zero-order valence-corrected chi connectivity index (χ0v) is 10.2. The number of hydrogen-bond donors (Lipinski definition) is 1. The summed E-state index contributed by atoms with van der Waals surface area (Å²) in [6, 6.07) is 2.14. The predicted octanol–water partition coefficient (Wildman–Crippen LogP) is 2.25. The van der Waals surface area contributed by atoms with E-state index in [1.165, 1.54) is 32.4 Å². The molecular weight excluding hydrogens is 172 g/mol. The quantitative estimate of drug-likeness (QED) is 0.748. The third-order valence-electron chi connectivity index (χ3n) is 3.38. The molecule has 0 saturated carbocycles. The Labute approximate surface area is 89.1 Å². The van der Waals surface area contributed by atoms with Crippen LogP contribution in [0.4, 0.5) is 0 Å². The van der Waals surface area contributed by atoms with Gasteiger partial charge in [0, 0.05) is 24.7 Å². The number of nitrogens with one attached hydrogen (secondary N) is 1. The van der Waals surface area contributed by atoms with Crippen molar-refractivity contribution in [3.8, 4) is 0 Å². The van der Waals surface area contributed by atoms with Crippen molar-refractivity contribution in [2.24, 2.45) is 0 Å². The van der Waals surface area contributed by atoms with Gasteiger partial charge in [0.05, 0.1) is 0 Å². The average molecular weight is 198 g/mol. The zero-order chi connectivity index (χ0) is 10.6. The molecule has 1 heterocycles. The van der Waals surface area contributed by atoms with Crippen LogP contribution in [0.1, 0.15) is 47.0 Å². The molecule has 1 fully saturated rings. The lowest BCUT2D eigenvalue weighted by Crippen LogP contribution is -2.43. The van der Waals surface area contributed by atoms with Crippen LogP contribution in [-0.4, -0.2) is 36.1 Å². The van der Waals surface area contributed by atoms with E-state index in [9.17, 15) is 0 Å². The lowest BCUT2D eigenvalue weighted by molar-refractivity contribution is 0.145. The molecule has 0 aromatic heterocycles. The number of rotatable bonds is 3. The highest BCUT2D eigenvalue weighted by molar-refractivity contribution is 4.81. The van der Waals surface area contributed by atoms with Crippen LogP contribution < -0.4 is 5.32 Å².